The second kappa shape index (κ2) is 16.1. The molecule has 0 N–H and O–H groups in total. The van der Waals surface area contributed by atoms with E-state index >= 15 is 0 Å². The predicted molar refractivity (Wildman–Crippen MR) is 180 cm³/mol. The molecule has 0 atom stereocenters. The van der Waals surface area contributed by atoms with E-state index in [1.54, 1.807) is 10.4 Å². The van der Waals surface area contributed by atoms with Gasteiger partial charge in [-0.1, -0.05) is 35.4 Å². The van der Waals surface area contributed by atoms with Crippen molar-refractivity contribution in [1.82, 2.24) is 0 Å². The third kappa shape index (κ3) is 7.58. The van der Waals surface area contributed by atoms with Crippen molar-refractivity contribution in [2.24, 2.45) is 0 Å². The van der Waals surface area contributed by atoms with Crippen LogP contribution in [-0.4, -0.2) is 19.9 Å². The van der Waals surface area contributed by atoms with Gasteiger partial charge in [-0.25, -0.2) is 12.2 Å². The van der Waals surface area contributed by atoms with Gasteiger partial charge in [-0.2, -0.15) is 35.9 Å². The number of rotatable bonds is 9. The van der Waals surface area contributed by atoms with Crippen LogP contribution < -0.4 is 10.4 Å². The molecule has 2 aliphatic rings. The monoisotopic (exact) mass is 728 g/mol. The molecule has 3 aromatic carbocycles. The summed E-state index contributed by atoms with van der Waals surface area (Å²) in [6.07, 6.45) is 11.0. The zero-order valence-electron chi connectivity index (χ0n) is 25.7. The smallest absolute Gasteiger partial charge is 0.0253 e. The summed E-state index contributed by atoms with van der Waals surface area (Å²) >= 11 is 1.16. The first-order valence-electron chi connectivity index (χ1n) is 15.4. The number of hydrogen-bond donors (Lipinski definition) is 0. The molecular formula is C37H48HfSi2. The molecule has 0 saturated carbocycles. The fourth-order valence-electron chi connectivity index (χ4n) is 6.41. The molecule has 0 nitrogen and oxygen atoms in total. The first-order valence-corrected chi connectivity index (χ1v) is 22.7. The van der Waals surface area contributed by atoms with Gasteiger partial charge in [0.15, 0.2) is 0 Å². The van der Waals surface area contributed by atoms with Gasteiger partial charge in [-0.15, -0.1) is 12.0 Å². The van der Waals surface area contributed by atoms with Crippen molar-refractivity contribution < 1.29 is 23.9 Å². The van der Waals surface area contributed by atoms with Crippen molar-refractivity contribution >= 4 is 30.3 Å². The molecule has 5 rings (SSSR count). The molecule has 3 heteroatoms. The Morgan fingerprint density at radius 2 is 1.32 bits per heavy atom. The van der Waals surface area contributed by atoms with Gasteiger partial charge in [-0.3, -0.25) is 6.08 Å². The maximum absolute atomic E-state index is 3.30. The summed E-state index contributed by atoms with van der Waals surface area (Å²) in [6, 6.07) is 34.2. The van der Waals surface area contributed by atoms with E-state index < -0.39 is 16.1 Å². The van der Waals surface area contributed by atoms with Gasteiger partial charge < -0.3 is 0 Å². The van der Waals surface area contributed by atoms with Gasteiger partial charge in [0.1, 0.15) is 0 Å². The van der Waals surface area contributed by atoms with Crippen molar-refractivity contribution in [3.63, 3.8) is 0 Å². The maximum Gasteiger partial charge on any atom is -0.0253 e. The van der Waals surface area contributed by atoms with Gasteiger partial charge in [0.25, 0.3) is 0 Å². The van der Waals surface area contributed by atoms with Crippen molar-refractivity contribution in [3.8, 4) is 11.1 Å². The van der Waals surface area contributed by atoms with E-state index in [1.807, 2.05) is 18.2 Å². The molecule has 0 aliphatic heterocycles. The largest absolute Gasteiger partial charge is 0.273 e. The second-order valence-corrected chi connectivity index (χ2v) is 22.6. The summed E-state index contributed by atoms with van der Waals surface area (Å²) in [5.74, 6) is 0. The van der Waals surface area contributed by atoms with Gasteiger partial charge in [0.2, 0.25) is 0 Å². The summed E-state index contributed by atoms with van der Waals surface area (Å²) in [6.45, 7) is 14.6. The molecule has 0 spiro atoms. The first kappa shape index (κ1) is 32.8. The van der Waals surface area contributed by atoms with E-state index in [-0.39, 0.29) is 0 Å². The molecule has 3 aromatic rings. The normalized spacial score (nSPS) is 13.1. The Kier molecular flexibility index (Phi) is 13.2. The van der Waals surface area contributed by atoms with Crippen molar-refractivity contribution in [2.45, 2.75) is 90.6 Å². The van der Waals surface area contributed by atoms with Gasteiger partial charge in [-0.05, 0) is 6.42 Å². The Hall–Kier alpha value is -1.69. The predicted octanol–water partition coefficient (Wildman–Crippen LogP) is 9.18. The van der Waals surface area contributed by atoms with Crippen molar-refractivity contribution in [3.05, 3.63) is 108 Å². The molecule has 208 valence electrons. The van der Waals surface area contributed by atoms with Crippen molar-refractivity contribution in [1.29, 1.82) is 0 Å². The van der Waals surface area contributed by atoms with Crippen LogP contribution in [0.15, 0.2) is 78.9 Å². The minimum atomic E-state index is -1.27. The molecule has 0 aromatic heterocycles. The van der Waals surface area contributed by atoms with E-state index in [0.717, 1.165) is 36.7 Å². The molecule has 0 radical (unpaired) electrons. The molecule has 0 unspecified atom stereocenters. The summed E-state index contributed by atoms with van der Waals surface area (Å²) < 4.78 is 2.45. The van der Waals surface area contributed by atoms with Crippen LogP contribution in [0.2, 0.25) is 36.3 Å². The Bertz CT molecular complexity index is 1190. The molecule has 0 amide bonds. The minimum absolute atomic E-state index is 1.01. The third-order valence-corrected chi connectivity index (χ3v) is 22.0. The summed E-state index contributed by atoms with van der Waals surface area (Å²) in [5, 5.41) is 3.51. The van der Waals surface area contributed by atoms with E-state index in [2.05, 4.69) is 118 Å². The second-order valence-electron chi connectivity index (χ2n) is 11.1. The van der Waals surface area contributed by atoms with Crippen LogP contribution >= 0.6 is 0 Å². The van der Waals surface area contributed by atoms with Gasteiger partial charge in [0, 0.05) is 0 Å². The van der Waals surface area contributed by atoms with E-state index in [0.29, 0.717) is 0 Å². The van der Waals surface area contributed by atoms with Crippen LogP contribution in [-0.2, 0) is 30.3 Å². The topological polar surface area (TPSA) is 0 Å². The van der Waals surface area contributed by atoms with Crippen LogP contribution in [0.3, 0.4) is 0 Å². The molecule has 0 fully saturated rings. The SMILES string of the molecule is CC[Si](CC)(CC)c1cc([CH]=[Hf+2])cc([Si](CC)(CC)CC)c1.[C-]1=CC=CC1.[c-]1cccc2c1Cc1ccccc1-2. The van der Waals surface area contributed by atoms with Crippen molar-refractivity contribution in [2.75, 3.05) is 0 Å². The Morgan fingerprint density at radius 1 is 0.750 bits per heavy atom. The van der Waals surface area contributed by atoms with Crippen LogP contribution in [0.5, 0.6) is 0 Å². The van der Waals surface area contributed by atoms with E-state index in [9.17, 15) is 0 Å². The quantitative estimate of drug-likeness (QED) is 0.119. The van der Waals surface area contributed by atoms with Gasteiger partial charge in [0.05, 0.1) is 0 Å². The summed E-state index contributed by atoms with van der Waals surface area (Å²) in [5.41, 5.74) is 7.04. The number of hydrogen-bond acceptors (Lipinski definition) is 0. The average molecular weight is 727 g/mol. The molecule has 2 aliphatic carbocycles. The molecule has 0 saturated heterocycles. The molecular weight excluding hydrogens is 679 g/mol. The van der Waals surface area contributed by atoms with E-state index in [1.165, 1.54) is 64.1 Å². The maximum atomic E-state index is 3.30. The van der Waals surface area contributed by atoms with Crippen LogP contribution in [0.1, 0.15) is 64.7 Å². The fourth-order valence-corrected chi connectivity index (χ4v) is 14.5. The Morgan fingerprint density at radius 3 is 1.80 bits per heavy atom. The Labute approximate surface area is 262 Å². The zero-order valence-corrected chi connectivity index (χ0v) is 31.3. The molecule has 0 heterocycles. The average Bonchev–Trinajstić information content (AvgIpc) is 3.72. The van der Waals surface area contributed by atoms with Crippen LogP contribution in [0, 0.1) is 12.1 Å². The fraction of sp³-hybridized carbons (Fsp3) is 0.378. The number of allylic oxidation sites excluding steroid dienone is 4. The summed E-state index contributed by atoms with van der Waals surface area (Å²) in [7, 11) is -2.54. The third-order valence-electron chi connectivity index (χ3n) is 9.61. The van der Waals surface area contributed by atoms with Crippen LogP contribution in [0.4, 0.5) is 0 Å². The standard InChI is InChI=1S/C19H34Si2.C13H9.C5H5.Hf/c1-8-20(9-2,10-3)18-14-17(7)15-19(16-18)21(11-4,12-5)13-6;1-3-7-12-10(5-1)9-11-6-2-4-8-13(11)12;1-2-4-5-3-1;/h7,14-16H,8-13H2,1-6H3;1-5,7-8H,9H2;1-3H,4H2;/q;2*-1;+2. The first-order chi connectivity index (χ1) is 19.5. The Balaban J connectivity index is 0.000000202. The number of benzene rings is 3. The summed E-state index contributed by atoms with van der Waals surface area (Å²) in [4.78, 5) is 0. The molecule has 40 heavy (non-hydrogen) atoms. The van der Waals surface area contributed by atoms with E-state index in [4.69, 9.17) is 0 Å². The van der Waals surface area contributed by atoms with Gasteiger partial charge >= 0.3 is 156 Å². The minimum Gasteiger partial charge on any atom is -0.273 e. The van der Waals surface area contributed by atoms with Crippen LogP contribution in [0.25, 0.3) is 11.1 Å². The zero-order chi connectivity index (χ0) is 29.0. The number of fused-ring (bicyclic) bond motifs is 3. The molecule has 0 bridgehead atoms.